The largest absolute Gasteiger partial charge is 0.507 e. The molecule has 0 saturated carbocycles. The van der Waals surface area contributed by atoms with E-state index in [2.05, 4.69) is 0 Å². The minimum Gasteiger partial charge on any atom is -0.507 e. The van der Waals surface area contributed by atoms with Crippen molar-refractivity contribution in [2.75, 3.05) is 26.9 Å². The number of ether oxygens (including phenoxy) is 3. The minimum atomic E-state index is -0.778. The number of unbranched alkanes of at least 4 members (excludes halogenated alkanes) is 1. The van der Waals surface area contributed by atoms with Gasteiger partial charge in [0.1, 0.15) is 24.7 Å². The summed E-state index contributed by atoms with van der Waals surface area (Å²) in [5, 5.41) is 11.4. The number of likely N-dealkylation sites (tertiary alicyclic amines) is 1. The molecule has 0 aliphatic carbocycles. The van der Waals surface area contributed by atoms with Crippen LogP contribution >= 0.6 is 11.6 Å². The van der Waals surface area contributed by atoms with Crippen molar-refractivity contribution in [1.29, 1.82) is 0 Å². The van der Waals surface area contributed by atoms with Crippen LogP contribution in [-0.2, 0) is 9.59 Å². The van der Waals surface area contributed by atoms with Crippen molar-refractivity contribution in [3.63, 3.8) is 0 Å². The number of aliphatic hydroxyl groups is 1. The first-order chi connectivity index (χ1) is 15.5. The second kappa shape index (κ2) is 9.12. The van der Waals surface area contributed by atoms with Gasteiger partial charge in [-0.2, -0.15) is 0 Å². The Morgan fingerprint density at radius 2 is 1.91 bits per heavy atom. The van der Waals surface area contributed by atoms with Crippen LogP contribution in [0, 0.1) is 0 Å². The second-order valence-corrected chi connectivity index (χ2v) is 8.00. The van der Waals surface area contributed by atoms with Crippen LogP contribution in [0.3, 0.4) is 0 Å². The maximum Gasteiger partial charge on any atom is 0.295 e. The van der Waals surface area contributed by atoms with Crippen LogP contribution in [0.2, 0.25) is 5.02 Å². The molecule has 0 bridgehead atoms. The summed E-state index contributed by atoms with van der Waals surface area (Å²) in [6, 6.07) is 9.27. The molecule has 1 N–H and O–H groups in total. The molecule has 2 aliphatic rings. The number of nitrogens with zero attached hydrogens (tertiary/aromatic N) is 1. The summed E-state index contributed by atoms with van der Waals surface area (Å²) >= 11 is 6.32. The van der Waals surface area contributed by atoms with Gasteiger partial charge < -0.3 is 24.2 Å². The van der Waals surface area contributed by atoms with Gasteiger partial charge in [0.05, 0.1) is 23.7 Å². The van der Waals surface area contributed by atoms with E-state index < -0.39 is 17.7 Å². The summed E-state index contributed by atoms with van der Waals surface area (Å²) in [7, 11) is 1.49. The van der Waals surface area contributed by atoms with Crippen LogP contribution in [0.5, 0.6) is 17.2 Å². The van der Waals surface area contributed by atoms with Crippen molar-refractivity contribution >= 4 is 29.1 Å². The molecule has 2 aromatic rings. The van der Waals surface area contributed by atoms with Crippen molar-refractivity contribution in [3.8, 4) is 17.2 Å². The zero-order valence-electron chi connectivity index (χ0n) is 17.9. The molecule has 2 heterocycles. The Morgan fingerprint density at radius 3 is 2.62 bits per heavy atom. The Kier molecular flexibility index (Phi) is 6.28. The maximum atomic E-state index is 13.1. The topological polar surface area (TPSA) is 85.3 Å². The lowest BCUT2D eigenvalue weighted by molar-refractivity contribution is -0.139. The quantitative estimate of drug-likeness (QED) is 0.394. The number of aliphatic hydroxyl groups excluding tert-OH is 1. The third-order valence-corrected chi connectivity index (χ3v) is 5.93. The fourth-order valence-corrected chi connectivity index (χ4v) is 4.18. The number of fused-ring (bicyclic) bond motifs is 1. The van der Waals surface area contributed by atoms with Crippen LogP contribution in [0.15, 0.2) is 42.0 Å². The van der Waals surface area contributed by atoms with E-state index in [1.807, 2.05) is 6.92 Å². The SMILES string of the molecule is CCCCN1C(=O)C(=O)/C(=C(/O)c2cc(OC)ccc2Cl)C1c1ccc2c(c1)OCCO2. The Morgan fingerprint density at radius 1 is 1.16 bits per heavy atom. The summed E-state index contributed by atoms with van der Waals surface area (Å²) in [6.07, 6.45) is 1.56. The third kappa shape index (κ3) is 3.88. The highest BCUT2D eigenvalue weighted by Gasteiger charge is 2.46. The Labute approximate surface area is 191 Å². The zero-order chi connectivity index (χ0) is 22.8. The molecule has 4 rings (SSSR count). The molecular formula is C24H24ClNO6. The number of ketones is 1. The highest BCUT2D eigenvalue weighted by molar-refractivity contribution is 6.47. The van der Waals surface area contributed by atoms with Gasteiger partial charge in [-0.3, -0.25) is 9.59 Å². The molecule has 1 amide bonds. The number of benzene rings is 2. The van der Waals surface area contributed by atoms with Crippen molar-refractivity contribution in [1.82, 2.24) is 4.90 Å². The minimum absolute atomic E-state index is 0.0158. The van der Waals surface area contributed by atoms with Gasteiger partial charge in [0.15, 0.2) is 11.5 Å². The van der Waals surface area contributed by atoms with Crippen molar-refractivity contribution < 1.29 is 28.9 Å². The number of Topliss-reactive ketones (excluding diaryl/α,β-unsaturated/α-hetero) is 1. The number of carbonyl (C=O) groups is 2. The molecule has 1 unspecified atom stereocenters. The second-order valence-electron chi connectivity index (χ2n) is 7.59. The molecule has 0 radical (unpaired) electrons. The van der Waals surface area contributed by atoms with E-state index in [-0.39, 0.29) is 21.9 Å². The average molecular weight is 458 g/mol. The number of methoxy groups -OCH3 is 1. The fourth-order valence-electron chi connectivity index (χ4n) is 3.97. The molecule has 0 aromatic heterocycles. The zero-order valence-corrected chi connectivity index (χ0v) is 18.6. The molecule has 7 nitrogen and oxygen atoms in total. The predicted molar refractivity (Wildman–Crippen MR) is 119 cm³/mol. The number of hydrogen-bond acceptors (Lipinski definition) is 6. The van der Waals surface area contributed by atoms with Crippen LogP contribution in [0.1, 0.15) is 36.9 Å². The van der Waals surface area contributed by atoms with Crippen molar-refractivity contribution in [2.45, 2.75) is 25.8 Å². The normalized spacial score (nSPS) is 19.3. The number of carbonyl (C=O) groups excluding carboxylic acids is 2. The van der Waals surface area contributed by atoms with Gasteiger partial charge in [0.25, 0.3) is 11.7 Å². The van der Waals surface area contributed by atoms with Crippen molar-refractivity contribution in [2.24, 2.45) is 0 Å². The van der Waals surface area contributed by atoms with Crippen LogP contribution in [0.4, 0.5) is 0 Å². The molecule has 1 atom stereocenters. The molecule has 2 aliphatic heterocycles. The van der Waals surface area contributed by atoms with Gasteiger partial charge >= 0.3 is 0 Å². The van der Waals surface area contributed by atoms with Gasteiger partial charge in [-0.25, -0.2) is 0 Å². The number of rotatable bonds is 6. The molecule has 1 saturated heterocycles. The van der Waals surface area contributed by atoms with E-state index in [9.17, 15) is 14.7 Å². The Bertz CT molecular complexity index is 1100. The molecule has 0 spiro atoms. The lowest BCUT2D eigenvalue weighted by atomic mass is 9.94. The average Bonchev–Trinajstić information content (AvgIpc) is 3.07. The summed E-state index contributed by atoms with van der Waals surface area (Å²) in [6.45, 7) is 3.25. The van der Waals surface area contributed by atoms with Crippen molar-refractivity contribution in [3.05, 3.63) is 58.1 Å². The molecule has 32 heavy (non-hydrogen) atoms. The standard InChI is InChI=1S/C24H24ClNO6/c1-3-4-9-26-21(14-5-8-18-19(12-14)32-11-10-31-18)20(23(28)24(26)29)22(27)16-13-15(30-2)6-7-17(16)25/h5-8,12-13,21,27H,3-4,9-11H2,1-2H3/b22-20+. The van der Waals surface area contributed by atoms with E-state index in [1.54, 1.807) is 30.3 Å². The monoisotopic (exact) mass is 457 g/mol. The summed E-state index contributed by atoms with van der Waals surface area (Å²) < 4.78 is 16.5. The first-order valence-electron chi connectivity index (χ1n) is 10.5. The summed E-state index contributed by atoms with van der Waals surface area (Å²) in [4.78, 5) is 27.5. The van der Waals surface area contributed by atoms with E-state index in [1.165, 1.54) is 18.1 Å². The summed E-state index contributed by atoms with van der Waals surface area (Å²) in [5.74, 6) is -0.148. The smallest absolute Gasteiger partial charge is 0.295 e. The third-order valence-electron chi connectivity index (χ3n) is 5.60. The van der Waals surface area contributed by atoms with Crippen LogP contribution in [-0.4, -0.2) is 48.6 Å². The first kappa shape index (κ1) is 22.0. The lowest BCUT2D eigenvalue weighted by Crippen LogP contribution is -2.30. The van der Waals surface area contributed by atoms with Crippen LogP contribution < -0.4 is 14.2 Å². The number of amides is 1. The van der Waals surface area contributed by atoms with Gasteiger partial charge in [0, 0.05) is 12.1 Å². The van der Waals surface area contributed by atoms with Crippen LogP contribution in [0.25, 0.3) is 5.76 Å². The van der Waals surface area contributed by atoms with E-state index >= 15 is 0 Å². The van der Waals surface area contributed by atoms with E-state index in [4.69, 9.17) is 25.8 Å². The molecular weight excluding hydrogens is 434 g/mol. The molecule has 1 fully saturated rings. The lowest BCUT2D eigenvalue weighted by Gasteiger charge is -2.27. The highest BCUT2D eigenvalue weighted by atomic mass is 35.5. The first-order valence-corrected chi connectivity index (χ1v) is 10.9. The molecule has 2 aromatic carbocycles. The van der Waals surface area contributed by atoms with E-state index in [0.29, 0.717) is 49.0 Å². The number of halogens is 1. The van der Waals surface area contributed by atoms with Gasteiger partial charge in [-0.1, -0.05) is 31.0 Å². The Balaban J connectivity index is 1.88. The van der Waals surface area contributed by atoms with Gasteiger partial charge in [-0.05, 0) is 42.3 Å². The molecule has 168 valence electrons. The number of hydrogen-bond donors (Lipinski definition) is 1. The van der Waals surface area contributed by atoms with Gasteiger partial charge in [-0.15, -0.1) is 0 Å². The maximum absolute atomic E-state index is 13.1. The van der Waals surface area contributed by atoms with Gasteiger partial charge in [0.2, 0.25) is 0 Å². The Hall–Kier alpha value is -3.19. The predicted octanol–water partition coefficient (Wildman–Crippen LogP) is 4.34. The van der Waals surface area contributed by atoms with E-state index in [0.717, 1.165) is 6.42 Å². The summed E-state index contributed by atoms with van der Waals surface area (Å²) in [5.41, 5.74) is 0.852. The highest BCUT2D eigenvalue weighted by Crippen LogP contribution is 2.43. The fraction of sp³-hybridized carbons (Fsp3) is 0.333. The molecule has 8 heteroatoms.